The first-order valence-corrected chi connectivity index (χ1v) is 10.8. The quantitative estimate of drug-likeness (QED) is 0.477. The van der Waals surface area contributed by atoms with Crippen LogP contribution in [0.3, 0.4) is 0 Å². The number of amides is 1. The van der Waals surface area contributed by atoms with Crippen LogP contribution in [0.2, 0.25) is 5.02 Å². The van der Waals surface area contributed by atoms with Gasteiger partial charge in [0.1, 0.15) is 5.69 Å². The number of carbonyl (C=O) groups excluding carboxylic acids is 1. The Morgan fingerprint density at radius 2 is 1.53 bits per heavy atom. The van der Waals surface area contributed by atoms with Crippen molar-refractivity contribution in [1.82, 2.24) is 24.6 Å². The van der Waals surface area contributed by atoms with E-state index in [-0.39, 0.29) is 5.91 Å². The summed E-state index contributed by atoms with van der Waals surface area (Å²) in [5.41, 5.74) is 3.01. The molecule has 2 aromatic heterocycles. The van der Waals surface area contributed by atoms with Crippen LogP contribution in [0.15, 0.2) is 79.1 Å². The summed E-state index contributed by atoms with van der Waals surface area (Å²) < 4.78 is 1.72. The highest BCUT2D eigenvalue weighted by atomic mass is 35.5. The van der Waals surface area contributed by atoms with Crippen molar-refractivity contribution in [3.63, 3.8) is 0 Å². The molecule has 4 aromatic rings. The number of hydrogen-bond donors (Lipinski definition) is 0. The highest BCUT2D eigenvalue weighted by molar-refractivity contribution is 6.30. The first-order chi connectivity index (χ1) is 15.7. The van der Waals surface area contributed by atoms with E-state index < -0.39 is 0 Å². The minimum absolute atomic E-state index is 0.0461. The first-order valence-electron chi connectivity index (χ1n) is 10.4. The number of benzene rings is 2. The molecule has 0 N–H and O–H groups in total. The average Bonchev–Trinajstić information content (AvgIpc) is 3.31. The number of aromatic nitrogens is 4. The van der Waals surface area contributed by atoms with E-state index in [2.05, 4.69) is 14.9 Å². The van der Waals surface area contributed by atoms with Gasteiger partial charge in [-0.2, -0.15) is 5.10 Å². The molecule has 7 nitrogen and oxygen atoms in total. The molecule has 1 saturated heterocycles. The van der Waals surface area contributed by atoms with Crippen LogP contribution in [0.1, 0.15) is 10.5 Å². The van der Waals surface area contributed by atoms with Gasteiger partial charge in [-0.15, -0.1) is 0 Å². The number of halogens is 1. The van der Waals surface area contributed by atoms with Crippen LogP contribution >= 0.6 is 11.6 Å². The summed E-state index contributed by atoms with van der Waals surface area (Å²) in [5, 5.41) is 5.41. The Morgan fingerprint density at radius 3 is 2.22 bits per heavy atom. The van der Waals surface area contributed by atoms with Gasteiger partial charge in [0, 0.05) is 49.2 Å². The number of para-hydroxylation sites is 1. The molecule has 5 rings (SSSR count). The summed E-state index contributed by atoms with van der Waals surface area (Å²) in [6, 6.07) is 20.8. The van der Waals surface area contributed by atoms with Crippen molar-refractivity contribution in [2.75, 3.05) is 31.1 Å². The van der Waals surface area contributed by atoms with Crippen LogP contribution in [-0.2, 0) is 0 Å². The average molecular weight is 445 g/mol. The summed E-state index contributed by atoms with van der Waals surface area (Å²) in [7, 11) is 0. The third-order valence-corrected chi connectivity index (χ3v) is 5.72. The van der Waals surface area contributed by atoms with Crippen LogP contribution in [0, 0.1) is 0 Å². The van der Waals surface area contributed by atoms with Gasteiger partial charge >= 0.3 is 0 Å². The Bertz CT molecular complexity index is 1200. The van der Waals surface area contributed by atoms with E-state index in [0.29, 0.717) is 42.8 Å². The number of hydrogen-bond acceptors (Lipinski definition) is 5. The van der Waals surface area contributed by atoms with E-state index in [4.69, 9.17) is 16.7 Å². The smallest absolute Gasteiger partial charge is 0.272 e. The summed E-state index contributed by atoms with van der Waals surface area (Å²) >= 11 is 6.04. The predicted molar refractivity (Wildman–Crippen MR) is 124 cm³/mol. The first kappa shape index (κ1) is 20.2. The van der Waals surface area contributed by atoms with Gasteiger partial charge in [-0.1, -0.05) is 41.9 Å². The van der Waals surface area contributed by atoms with E-state index in [1.807, 2.05) is 65.6 Å². The molecule has 0 spiro atoms. The van der Waals surface area contributed by atoms with E-state index in [9.17, 15) is 4.79 Å². The molecule has 1 amide bonds. The normalized spacial score (nSPS) is 13.9. The molecular weight excluding hydrogens is 424 g/mol. The minimum Gasteiger partial charge on any atom is -0.337 e. The Labute approximate surface area is 190 Å². The summed E-state index contributed by atoms with van der Waals surface area (Å²) in [4.78, 5) is 26.1. The molecule has 0 aliphatic carbocycles. The maximum absolute atomic E-state index is 13.5. The lowest BCUT2D eigenvalue weighted by molar-refractivity contribution is 0.0737. The second-order valence-electron chi connectivity index (χ2n) is 7.50. The molecule has 1 fully saturated rings. The molecule has 32 heavy (non-hydrogen) atoms. The molecule has 0 atom stereocenters. The van der Waals surface area contributed by atoms with Crippen molar-refractivity contribution in [3.8, 4) is 16.9 Å². The molecule has 1 aliphatic heterocycles. The predicted octanol–water partition coefficient (Wildman–Crippen LogP) is 3.95. The fourth-order valence-electron chi connectivity index (χ4n) is 3.79. The molecule has 2 aromatic carbocycles. The van der Waals surface area contributed by atoms with Gasteiger partial charge in [-0.05, 0) is 36.4 Å². The standard InChI is InChI=1S/C24H21ClN6O/c25-19-9-7-18(8-10-19)21-17-22(31(28-21)20-5-2-1-3-6-20)23(32)29-13-15-30(16-14-29)24-26-11-4-12-27-24/h1-12,17H,13-16H2. The third kappa shape index (κ3) is 4.07. The lowest BCUT2D eigenvalue weighted by atomic mass is 10.1. The minimum atomic E-state index is -0.0461. The zero-order valence-electron chi connectivity index (χ0n) is 17.3. The summed E-state index contributed by atoms with van der Waals surface area (Å²) in [5.74, 6) is 0.647. The molecule has 0 saturated carbocycles. The van der Waals surface area contributed by atoms with Gasteiger partial charge in [0.25, 0.3) is 5.91 Å². The number of rotatable bonds is 4. The molecule has 160 valence electrons. The van der Waals surface area contributed by atoms with E-state index in [1.54, 1.807) is 23.1 Å². The van der Waals surface area contributed by atoms with Gasteiger partial charge in [-0.25, -0.2) is 14.6 Å². The largest absolute Gasteiger partial charge is 0.337 e. The maximum atomic E-state index is 13.5. The fourth-order valence-corrected chi connectivity index (χ4v) is 3.91. The second-order valence-corrected chi connectivity index (χ2v) is 7.93. The summed E-state index contributed by atoms with van der Waals surface area (Å²) in [6.07, 6.45) is 3.47. The van der Waals surface area contributed by atoms with Crippen molar-refractivity contribution >= 4 is 23.5 Å². The van der Waals surface area contributed by atoms with Crippen LogP contribution in [0.5, 0.6) is 0 Å². The topological polar surface area (TPSA) is 67.2 Å². The monoisotopic (exact) mass is 444 g/mol. The number of carbonyl (C=O) groups is 1. The van der Waals surface area contributed by atoms with Crippen LogP contribution in [-0.4, -0.2) is 56.7 Å². The van der Waals surface area contributed by atoms with Crippen molar-refractivity contribution in [3.05, 3.63) is 89.8 Å². The SMILES string of the molecule is O=C(c1cc(-c2ccc(Cl)cc2)nn1-c1ccccc1)N1CCN(c2ncccn2)CC1. The third-order valence-electron chi connectivity index (χ3n) is 5.47. The molecular formula is C24H21ClN6O. The zero-order chi connectivity index (χ0) is 21.9. The van der Waals surface area contributed by atoms with Crippen molar-refractivity contribution < 1.29 is 4.79 Å². The second kappa shape index (κ2) is 8.80. The van der Waals surface area contributed by atoms with Gasteiger partial charge < -0.3 is 9.80 Å². The Hall–Kier alpha value is -3.71. The summed E-state index contributed by atoms with van der Waals surface area (Å²) in [6.45, 7) is 2.54. The maximum Gasteiger partial charge on any atom is 0.272 e. The molecule has 3 heterocycles. The van der Waals surface area contributed by atoms with Gasteiger partial charge in [-0.3, -0.25) is 4.79 Å². The number of anilines is 1. The van der Waals surface area contributed by atoms with Gasteiger partial charge in [0.2, 0.25) is 5.95 Å². The van der Waals surface area contributed by atoms with E-state index in [0.717, 1.165) is 16.9 Å². The molecule has 1 aliphatic rings. The van der Waals surface area contributed by atoms with Gasteiger partial charge in [0.05, 0.1) is 11.4 Å². The highest BCUT2D eigenvalue weighted by Crippen LogP contribution is 2.25. The zero-order valence-corrected chi connectivity index (χ0v) is 18.1. The van der Waals surface area contributed by atoms with Crippen LogP contribution in [0.4, 0.5) is 5.95 Å². The highest BCUT2D eigenvalue weighted by Gasteiger charge is 2.27. The van der Waals surface area contributed by atoms with Crippen molar-refractivity contribution in [2.45, 2.75) is 0 Å². The van der Waals surface area contributed by atoms with Gasteiger partial charge in [0.15, 0.2) is 0 Å². The van der Waals surface area contributed by atoms with E-state index >= 15 is 0 Å². The Morgan fingerprint density at radius 1 is 0.844 bits per heavy atom. The van der Waals surface area contributed by atoms with Crippen LogP contribution in [0.25, 0.3) is 16.9 Å². The van der Waals surface area contributed by atoms with Crippen LogP contribution < -0.4 is 4.90 Å². The Balaban J connectivity index is 1.43. The fraction of sp³-hybridized carbons (Fsp3) is 0.167. The Kier molecular flexibility index (Phi) is 5.56. The number of nitrogens with zero attached hydrogens (tertiary/aromatic N) is 6. The molecule has 8 heteroatoms. The molecule has 0 radical (unpaired) electrons. The molecule has 0 bridgehead atoms. The number of piperazine rings is 1. The van der Waals surface area contributed by atoms with Crippen molar-refractivity contribution in [2.24, 2.45) is 0 Å². The lowest BCUT2D eigenvalue weighted by Crippen LogP contribution is -2.49. The van der Waals surface area contributed by atoms with E-state index in [1.165, 1.54) is 0 Å². The van der Waals surface area contributed by atoms with Crippen molar-refractivity contribution in [1.29, 1.82) is 0 Å². The molecule has 0 unspecified atom stereocenters. The lowest BCUT2D eigenvalue weighted by Gasteiger charge is -2.34.